The van der Waals surface area contributed by atoms with Crippen LogP contribution in [0.5, 0.6) is 0 Å². The van der Waals surface area contributed by atoms with E-state index >= 15 is 0 Å². The van der Waals surface area contributed by atoms with Gasteiger partial charge in [0.2, 0.25) is 23.3 Å². The normalized spacial score (nSPS) is 18.4. The summed E-state index contributed by atoms with van der Waals surface area (Å²) in [7, 11) is 0. The van der Waals surface area contributed by atoms with E-state index in [2.05, 4.69) is 10.6 Å². The first-order valence-electron chi connectivity index (χ1n) is 19.9. The third kappa shape index (κ3) is 12.2. The standard InChI is InChI=1S/C41H52F4N4O9/c1-28(41(43,44)45)48(26-30-8-10-32(42)11-9-30)37(52)27-49-38(53)40(58-39(49)54)17-14-31-25-33(12-13-34(31)40)47-36(51)7-4-18-46-35(50)16-20-56-22-24-57-23-21-55-19-15-29-5-2-3-6-29/h8-13,25,28-29H,2-7,14-24,26-27H2,1H3,(H,46,50)(H,47,51)/t28-,40?/m0/s1. The number of anilines is 1. The van der Waals surface area contributed by atoms with Crippen LogP contribution in [0.3, 0.4) is 0 Å². The molecule has 13 nitrogen and oxygen atoms in total. The van der Waals surface area contributed by atoms with Gasteiger partial charge in [-0.05, 0) is 67.5 Å². The minimum absolute atomic E-state index is 0.0292. The maximum Gasteiger partial charge on any atom is 0.418 e. The van der Waals surface area contributed by atoms with Gasteiger partial charge in [0.15, 0.2) is 0 Å². The number of amides is 5. The quantitative estimate of drug-likeness (QED) is 0.111. The van der Waals surface area contributed by atoms with E-state index in [4.69, 9.17) is 18.9 Å². The first-order chi connectivity index (χ1) is 27.8. The van der Waals surface area contributed by atoms with Gasteiger partial charge in [-0.1, -0.05) is 43.9 Å². The summed E-state index contributed by atoms with van der Waals surface area (Å²) in [4.78, 5) is 65.7. The zero-order valence-corrected chi connectivity index (χ0v) is 32.7. The fourth-order valence-corrected chi connectivity index (χ4v) is 7.41. The summed E-state index contributed by atoms with van der Waals surface area (Å²) in [5.74, 6) is -2.35. The van der Waals surface area contributed by atoms with E-state index in [1.807, 2.05) is 0 Å². The van der Waals surface area contributed by atoms with E-state index in [1.54, 1.807) is 6.07 Å². The Labute approximate surface area is 335 Å². The minimum Gasteiger partial charge on any atom is -0.427 e. The van der Waals surface area contributed by atoms with Crippen LogP contribution in [0.15, 0.2) is 42.5 Å². The molecule has 5 rings (SSSR count). The molecule has 0 aromatic heterocycles. The predicted octanol–water partition coefficient (Wildman–Crippen LogP) is 5.78. The number of alkyl halides is 3. The van der Waals surface area contributed by atoms with Gasteiger partial charge in [-0.15, -0.1) is 0 Å². The number of nitrogens with zero attached hydrogens (tertiary/aromatic N) is 2. The van der Waals surface area contributed by atoms with Gasteiger partial charge in [-0.2, -0.15) is 13.2 Å². The lowest BCUT2D eigenvalue weighted by Crippen LogP contribution is -2.51. The molecule has 2 aromatic rings. The molecule has 0 radical (unpaired) electrons. The average molecular weight is 821 g/mol. The number of halogens is 4. The van der Waals surface area contributed by atoms with Crippen molar-refractivity contribution in [1.29, 1.82) is 0 Å². The molecular formula is C41H52F4N4O9. The Morgan fingerprint density at radius 1 is 0.931 bits per heavy atom. The van der Waals surface area contributed by atoms with Crippen LogP contribution in [0.4, 0.5) is 28.0 Å². The van der Waals surface area contributed by atoms with E-state index < -0.39 is 54.6 Å². The number of rotatable bonds is 22. The van der Waals surface area contributed by atoms with Crippen LogP contribution in [0, 0.1) is 11.7 Å². The van der Waals surface area contributed by atoms with E-state index in [9.17, 15) is 41.5 Å². The number of fused-ring (bicyclic) bond motifs is 2. The summed E-state index contributed by atoms with van der Waals surface area (Å²) in [6.45, 7) is 2.38. The Morgan fingerprint density at radius 3 is 2.29 bits per heavy atom. The molecule has 0 bridgehead atoms. The predicted molar refractivity (Wildman–Crippen MR) is 202 cm³/mol. The average Bonchev–Trinajstić information content (AvgIpc) is 3.90. The fraction of sp³-hybridized carbons (Fsp3) is 0.585. The Kier molecular flexibility index (Phi) is 16.0. The highest BCUT2D eigenvalue weighted by molar-refractivity contribution is 6.06. The first-order valence-corrected chi connectivity index (χ1v) is 19.9. The number of carbonyl (C=O) groups excluding carboxylic acids is 5. The molecule has 17 heteroatoms. The number of carbonyl (C=O) groups is 5. The van der Waals surface area contributed by atoms with E-state index in [0.29, 0.717) is 59.5 Å². The second-order valence-electron chi connectivity index (χ2n) is 14.9. The first kappa shape index (κ1) is 44.5. The van der Waals surface area contributed by atoms with Crippen LogP contribution in [0.1, 0.15) is 81.4 Å². The van der Waals surface area contributed by atoms with Crippen molar-refractivity contribution in [2.75, 3.05) is 58.0 Å². The zero-order valence-electron chi connectivity index (χ0n) is 32.7. The molecule has 2 fully saturated rings. The topological polar surface area (TPSA) is 153 Å². The maximum atomic E-state index is 13.8. The van der Waals surface area contributed by atoms with Gasteiger partial charge in [0, 0.05) is 50.2 Å². The highest BCUT2D eigenvalue weighted by atomic mass is 19.4. The monoisotopic (exact) mass is 820 g/mol. The molecule has 2 aromatic carbocycles. The van der Waals surface area contributed by atoms with Crippen LogP contribution < -0.4 is 10.6 Å². The van der Waals surface area contributed by atoms with Gasteiger partial charge < -0.3 is 34.5 Å². The summed E-state index contributed by atoms with van der Waals surface area (Å²) in [5, 5.41) is 5.54. The number of benzene rings is 2. The Morgan fingerprint density at radius 2 is 1.60 bits per heavy atom. The van der Waals surface area contributed by atoms with E-state index in [1.165, 1.54) is 49.9 Å². The van der Waals surface area contributed by atoms with Crippen molar-refractivity contribution in [3.63, 3.8) is 0 Å². The number of imide groups is 1. The minimum atomic E-state index is -4.82. The summed E-state index contributed by atoms with van der Waals surface area (Å²) >= 11 is 0. The lowest BCUT2D eigenvalue weighted by molar-refractivity contribution is -0.187. The molecule has 1 spiro atoms. The lowest BCUT2D eigenvalue weighted by Gasteiger charge is -2.31. The molecule has 2 aliphatic carbocycles. The molecule has 1 heterocycles. The Hall–Kier alpha value is -4.61. The molecule has 5 amide bonds. The molecule has 58 heavy (non-hydrogen) atoms. The largest absolute Gasteiger partial charge is 0.427 e. The summed E-state index contributed by atoms with van der Waals surface area (Å²) in [6.07, 6.45) is 1.39. The van der Waals surface area contributed by atoms with Crippen molar-refractivity contribution in [3.8, 4) is 0 Å². The molecule has 1 unspecified atom stereocenters. The zero-order chi connectivity index (χ0) is 41.7. The van der Waals surface area contributed by atoms with E-state index in [-0.39, 0.29) is 56.2 Å². The number of aryl methyl sites for hydroxylation is 1. The number of nitrogens with one attached hydrogen (secondary N) is 2. The number of ether oxygens (including phenoxy) is 4. The molecule has 1 saturated carbocycles. The molecular weight excluding hydrogens is 768 g/mol. The summed E-state index contributed by atoms with van der Waals surface area (Å²) in [5.41, 5.74) is -0.172. The number of hydrogen-bond acceptors (Lipinski definition) is 9. The van der Waals surface area contributed by atoms with Gasteiger partial charge in [0.1, 0.15) is 18.4 Å². The van der Waals surface area contributed by atoms with Crippen LogP contribution in [-0.4, -0.2) is 104 Å². The number of hydrogen-bond donors (Lipinski definition) is 2. The third-order valence-electron chi connectivity index (χ3n) is 10.7. The van der Waals surface area contributed by atoms with Crippen molar-refractivity contribution < 1.29 is 60.5 Å². The second kappa shape index (κ2) is 20.9. The van der Waals surface area contributed by atoms with Crippen LogP contribution in [-0.2, 0) is 56.7 Å². The van der Waals surface area contributed by atoms with Crippen LogP contribution >= 0.6 is 0 Å². The van der Waals surface area contributed by atoms with Gasteiger partial charge >= 0.3 is 12.3 Å². The van der Waals surface area contributed by atoms with E-state index in [0.717, 1.165) is 38.0 Å². The smallest absolute Gasteiger partial charge is 0.418 e. The van der Waals surface area contributed by atoms with Gasteiger partial charge in [0.25, 0.3) is 5.91 Å². The fourth-order valence-electron chi connectivity index (χ4n) is 7.41. The second-order valence-corrected chi connectivity index (χ2v) is 14.9. The molecule has 318 valence electrons. The Balaban J connectivity index is 0.998. The van der Waals surface area contributed by atoms with Crippen LogP contribution in [0.2, 0.25) is 0 Å². The molecule has 3 aliphatic rings. The highest BCUT2D eigenvalue weighted by Gasteiger charge is 2.58. The van der Waals surface area contributed by atoms with Crippen molar-refractivity contribution in [2.24, 2.45) is 5.92 Å². The lowest BCUT2D eigenvalue weighted by atomic mass is 9.94. The molecule has 2 atom stereocenters. The summed E-state index contributed by atoms with van der Waals surface area (Å²) < 4.78 is 76.8. The van der Waals surface area contributed by atoms with Gasteiger partial charge in [0.05, 0.1) is 33.0 Å². The van der Waals surface area contributed by atoms with Crippen molar-refractivity contribution in [3.05, 3.63) is 65.0 Å². The third-order valence-corrected chi connectivity index (χ3v) is 10.7. The van der Waals surface area contributed by atoms with Crippen LogP contribution in [0.25, 0.3) is 0 Å². The highest BCUT2D eigenvalue weighted by Crippen LogP contribution is 2.46. The maximum absolute atomic E-state index is 13.8. The molecule has 1 saturated heterocycles. The summed E-state index contributed by atoms with van der Waals surface area (Å²) in [6, 6.07) is 7.00. The molecule has 2 N–H and O–H groups in total. The SMILES string of the molecule is C[C@H](N(Cc1ccc(F)cc1)C(=O)CN1C(=O)OC2(CCc3cc(NC(=O)CCCNC(=O)CCOCCOCCOCCC4CCCC4)ccc32)C1=O)C(F)(F)F. The van der Waals surface area contributed by atoms with Gasteiger partial charge in [-0.3, -0.25) is 19.2 Å². The Bertz CT molecular complexity index is 1740. The molecule has 1 aliphatic heterocycles. The van der Waals surface area contributed by atoms with Crippen molar-refractivity contribution in [1.82, 2.24) is 15.1 Å². The van der Waals surface area contributed by atoms with Crippen molar-refractivity contribution >= 4 is 35.4 Å². The van der Waals surface area contributed by atoms with Crippen molar-refractivity contribution in [2.45, 2.75) is 95.5 Å². The van der Waals surface area contributed by atoms with Gasteiger partial charge in [-0.25, -0.2) is 14.1 Å².